The smallest absolute Gasteiger partial charge is 0.124 e. The number of aryl methyl sites for hydroxylation is 1. The molecule has 0 aliphatic heterocycles. The van der Waals surface area contributed by atoms with Crippen LogP contribution in [0.15, 0.2) is 36.8 Å². The van der Waals surface area contributed by atoms with Crippen molar-refractivity contribution in [3.05, 3.63) is 48.0 Å². The van der Waals surface area contributed by atoms with Crippen molar-refractivity contribution in [3.63, 3.8) is 0 Å². The number of benzene rings is 1. The molecular weight excluding hydrogens is 262 g/mol. The molecule has 0 amide bonds. The molecule has 0 saturated carbocycles. The predicted octanol–water partition coefficient (Wildman–Crippen LogP) is 3.30. The number of nitrogens with one attached hydrogen (secondary N) is 1. The second kappa shape index (κ2) is 7.27. The van der Waals surface area contributed by atoms with E-state index < -0.39 is 0 Å². The molecule has 1 atom stereocenters. The van der Waals surface area contributed by atoms with Gasteiger partial charge in [-0.25, -0.2) is 4.98 Å². The third kappa shape index (κ3) is 4.08. The van der Waals surface area contributed by atoms with E-state index in [1.807, 2.05) is 50.0 Å². The van der Waals surface area contributed by atoms with E-state index in [2.05, 4.69) is 29.5 Å². The maximum absolute atomic E-state index is 5.96. The number of rotatable bonds is 7. The van der Waals surface area contributed by atoms with E-state index in [1.54, 1.807) is 0 Å². The number of nitrogens with zero attached hydrogens (tertiary/aromatic N) is 2. The molecule has 1 aromatic carbocycles. The molecule has 1 heterocycles. The van der Waals surface area contributed by atoms with Crippen molar-refractivity contribution in [3.8, 4) is 5.75 Å². The van der Waals surface area contributed by atoms with Crippen molar-refractivity contribution in [1.29, 1.82) is 0 Å². The van der Waals surface area contributed by atoms with Crippen LogP contribution in [0.2, 0.25) is 0 Å². The number of para-hydroxylation sites is 1. The van der Waals surface area contributed by atoms with Crippen molar-refractivity contribution >= 4 is 0 Å². The molecule has 1 aromatic heterocycles. The van der Waals surface area contributed by atoms with Crippen LogP contribution in [0.3, 0.4) is 0 Å². The van der Waals surface area contributed by atoms with Crippen molar-refractivity contribution in [1.82, 2.24) is 14.9 Å². The van der Waals surface area contributed by atoms with E-state index in [9.17, 15) is 0 Å². The maximum atomic E-state index is 5.96. The monoisotopic (exact) mass is 287 g/mol. The first-order valence-corrected chi connectivity index (χ1v) is 7.58. The Morgan fingerprint density at radius 3 is 2.67 bits per heavy atom. The summed E-state index contributed by atoms with van der Waals surface area (Å²) in [5.41, 5.74) is 2.16. The summed E-state index contributed by atoms with van der Waals surface area (Å²) in [6, 6.07) is 8.25. The molecule has 21 heavy (non-hydrogen) atoms. The van der Waals surface area contributed by atoms with Gasteiger partial charge in [0.05, 0.1) is 24.2 Å². The number of ether oxygens (including phenoxy) is 1. The van der Waals surface area contributed by atoms with Crippen LogP contribution < -0.4 is 10.1 Å². The Morgan fingerprint density at radius 2 is 2.05 bits per heavy atom. The summed E-state index contributed by atoms with van der Waals surface area (Å²) in [6.07, 6.45) is 5.12. The SMILES string of the molecule is CCCNC(c1cn(C)cn1)c1ccccc1OC(C)C. The topological polar surface area (TPSA) is 39.1 Å². The van der Waals surface area contributed by atoms with E-state index in [4.69, 9.17) is 4.74 Å². The van der Waals surface area contributed by atoms with E-state index in [1.165, 1.54) is 0 Å². The number of imidazole rings is 1. The molecule has 0 aliphatic carbocycles. The Labute approximate surface area is 127 Å². The van der Waals surface area contributed by atoms with Crippen molar-refractivity contribution in [2.75, 3.05) is 6.54 Å². The molecule has 4 nitrogen and oxygen atoms in total. The fourth-order valence-corrected chi connectivity index (χ4v) is 2.32. The Kier molecular flexibility index (Phi) is 5.39. The van der Waals surface area contributed by atoms with Gasteiger partial charge in [0.25, 0.3) is 0 Å². The molecule has 0 radical (unpaired) electrons. The molecule has 4 heteroatoms. The van der Waals surface area contributed by atoms with Crippen LogP contribution in [-0.2, 0) is 7.05 Å². The lowest BCUT2D eigenvalue weighted by molar-refractivity contribution is 0.238. The average Bonchev–Trinajstić information content (AvgIpc) is 2.87. The first-order chi connectivity index (χ1) is 10.1. The lowest BCUT2D eigenvalue weighted by Crippen LogP contribution is -2.24. The zero-order valence-electron chi connectivity index (χ0n) is 13.3. The summed E-state index contributed by atoms with van der Waals surface area (Å²) in [4.78, 5) is 4.51. The van der Waals surface area contributed by atoms with Gasteiger partial charge in [0, 0.05) is 18.8 Å². The highest BCUT2D eigenvalue weighted by molar-refractivity contribution is 5.39. The fourth-order valence-electron chi connectivity index (χ4n) is 2.32. The van der Waals surface area contributed by atoms with Gasteiger partial charge in [-0.15, -0.1) is 0 Å². The Hall–Kier alpha value is -1.81. The first kappa shape index (κ1) is 15.6. The van der Waals surface area contributed by atoms with E-state index in [0.29, 0.717) is 0 Å². The highest BCUT2D eigenvalue weighted by Crippen LogP contribution is 2.29. The third-order valence-electron chi connectivity index (χ3n) is 3.21. The molecule has 0 fully saturated rings. The van der Waals surface area contributed by atoms with Crippen LogP contribution in [0.1, 0.15) is 44.5 Å². The molecule has 0 saturated heterocycles. The van der Waals surface area contributed by atoms with E-state index in [0.717, 1.165) is 30.0 Å². The molecule has 0 spiro atoms. The second-order valence-corrected chi connectivity index (χ2v) is 5.56. The predicted molar refractivity (Wildman–Crippen MR) is 85.6 cm³/mol. The number of hydrogen-bond donors (Lipinski definition) is 1. The van der Waals surface area contributed by atoms with Gasteiger partial charge >= 0.3 is 0 Å². The van der Waals surface area contributed by atoms with Crippen molar-refractivity contribution < 1.29 is 4.74 Å². The molecule has 114 valence electrons. The van der Waals surface area contributed by atoms with Gasteiger partial charge in [-0.05, 0) is 32.9 Å². The Balaban J connectivity index is 2.36. The normalized spacial score (nSPS) is 12.6. The summed E-state index contributed by atoms with van der Waals surface area (Å²) < 4.78 is 7.93. The average molecular weight is 287 g/mol. The molecule has 0 aliphatic rings. The highest BCUT2D eigenvalue weighted by Gasteiger charge is 2.20. The largest absolute Gasteiger partial charge is 0.491 e. The number of hydrogen-bond acceptors (Lipinski definition) is 3. The Morgan fingerprint density at radius 1 is 1.29 bits per heavy atom. The summed E-state index contributed by atoms with van der Waals surface area (Å²) in [6.45, 7) is 7.20. The van der Waals surface area contributed by atoms with Gasteiger partial charge in [0.15, 0.2) is 0 Å². The quantitative estimate of drug-likeness (QED) is 0.849. The minimum atomic E-state index is 0.0566. The van der Waals surface area contributed by atoms with Crippen LogP contribution >= 0.6 is 0 Å². The standard InChI is InChI=1S/C17H25N3O/c1-5-10-18-17(15-11-20(4)12-19-15)14-8-6-7-9-16(14)21-13(2)3/h6-9,11-13,17-18H,5,10H2,1-4H3. The van der Waals surface area contributed by atoms with Crippen LogP contribution in [0.25, 0.3) is 0 Å². The molecule has 2 rings (SSSR count). The van der Waals surface area contributed by atoms with Crippen molar-refractivity contribution in [2.45, 2.75) is 39.3 Å². The Bertz CT molecular complexity index is 563. The van der Waals surface area contributed by atoms with Crippen LogP contribution in [0.5, 0.6) is 5.75 Å². The molecule has 2 aromatic rings. The third-order valence-corrected chi connectivity index (χ3v) is 3.21. The molecule has 0 bridgehead atoms. The lowest BCUT2D eigenvalue weighted by atomic mass is 10.0. The van der Waals surface area contributed by atoms with Crippen LogP contribution in [-0.4, -0.2) is 22.2 Å². The van der Waals surface area contributed by atoms with E-state index in [-0.39, 0.29) is 12.1 Å². The van der Waals surface area contributed by atoms with Gasteiger partial charge in [0.2, 0.25) is 0 Å². The zero-order chi connectivity index (χ0) is 15.2. The van der Waals surface area contributed by atoms with E-state index >= 15 is 0 Å². The second-order valence-electron chi connectivity index (χ2n) is 5.56. The molecular formula is C17H25N3O. The van der Waals surface area contributed by atoms with Gasteiger partial charge in [0.1, 0.15) is 5.75 Å². The maximum Gasteiger partial charge on any atom is 0.124 e. The zero-order valence-corrected chi connectivity index (χ0v) is 13.3. The van der Waals surface area contributed by atoms with Crippen molar-refractivity contribution in [2.24, 2.45) is 7.05 Å². The van der Waals surface area contributed by atoms with Crippen LogP contribution in [0.4, 0.5) is 0 Å². The van der Waals surface area contributed by atoms with Gasteiger partial charge in [-0.3, -0.25) is 0 Å². The summed E-state index contributed by atoms with van der Waals surface area (Å²) in [5, 5.41) is 3.57. The summed E-state index contributed by atoms with van der Waals surface area (Å²) in [5.74, 6) is 0.923. The lowest BCUT2D eigenvalue weighted by Gasteiger charge is -2.21. The molecule has 1 unspecified atom stereocenters. The summed E-state index contributed by atoms with van der Waals surface area (Å²) in [7, 11) is 1.99. The van der Waals surface area contributed by atoms with Gasteiger partial charge < -0.3 is 14.6 Å². The van der Waals surface area contributed by atoms with Gasteiger partial charge in [-0.1, -0.05) is 25.1 Å². The minimum absolute atomic E-state index is 0.0566. The highest BCUT2D eigenvalue weighted by atomic mass is 16.5. The van der Waals surface area contributed by atoms with Gasteiger partial charge in [-0.2, -0.15) is 0 Å². The van der Waals surface area contributed by atoms with Crippen LogP contribution in [0, 0.1) is 0 Å². The summed E-state index contributed by atoms with van der Waals surface area (Å²) >= 11 is 0. The first-order valence-electron chi connectivity index (χ1n) is 7.58. The number of aromatic nitrogens is 2. The molecule has 1 N–H and O–H groups in total. The fraction of sp³-hybridized carbons (Fsp3) is 0.471. The minimum Gasteiger partial charge on any atom is -0.491 e.